The second-order valence-electron chi connectivity index (χ2n) is 9.44. The van der Waals surface area contributed by atoms with Crippen LogP contribution in [0, 0.1) is 5.92 Å². The number of pyridine rings is 1. The van der Waals surface area contributed by atoms with Crippen LogP contribution >= 0.6 is 0 Å². The Morgan fingerprint density at radius 1 is 1.06 bits per heavy atom. The minimum absolute atomic E-state index is 0.0723. The van der Waals surface area contributed by atoms with Crippen molar-refractivity contribution in [2.45, 2.75) is 33.4 Å². The number of rotatable bonds is 6. The van der Waals surface area contributed by atoms with Crippen LogP contribution in [-0.4, -0.2) is 24.4 Å². The molecule has 5 aromatic rings. The van der Waals surface area contributed by atoms with E-state index in [4.69, 9.17) is 5.73 Å². The van der Waals surface area contributed by atoms with Gasteiger partial charge in [0.15, 0.2) is 0 Å². The van der Waals surface area contributed by atoms with Gasteiger partial charge in [0.2, 0.25) is 0 Å². The first kappa shape index (κ1) is 22.8. The number of hydrogen-bond acceptors (Lipinski definition) is 5. The van der Waals surface area contributed by atoms with Crippen molar-refractivity contribution >= 4 is 27.4 Å². The van der Waals surface area contributed by atoms with Gasteiger partial charge in [0.05, 0.1) is 23.4 Å². The summed E-state index contributed by atoms with van der Waals surface area (Å²) in [4.78, 5) is 17.9. The van der Waals surface area contributed by atoms with Crippen molar-refractivity contribution in [2.75, 3.05) is 5.73 Å². The quantitative estimate of drug-likeness (QED) is 0.389. The van der Waals surface area contributed by atoms with Gasteiger partial charge in [-0.15, -0.1) is 0 Å². The SMILES string of the molecule is CC(C)Cc1nn(C)c(=O)c2c(-c3cccc(CO)c3)n(Cc3cnc(N)c4ccccc34)cc12. The maximum Gasteiger partial charge on any atom is 0.276 e. The fraction of sp³-hybridized carbons (Fsp3) is 0.250. The summed E-state index contributed by atoms with van der Waals surface area (Å²) in [6.07, 6.45) is 4.60. The molecule has 2 aromatic carbocycles. The Kier molecular flexibility index (Phi) is 5.86. The molecule has 0 aliphatic heterocycles. The van der Waals surface area contributed by atoms with Gasteiger partial charge in [0.1, 0.15) is 5.82 Å². The van der Waals surface area contributed by atoms with E-state index in [2.05, 4.69) is 28.5 Å². The molecule has 0 bridgehead atoms. The van der Waals surface area contributed by atoms with Crippen molar-refractivity contribution in [1.29, 1.82) is 0 Å². The average Bonchev–Trinajstić information content (AvgIpc) is 3.23. The number of aliphatic hydroxyl groups is 1. The number of anilines is 1. The number of aryl methyl sites for hydroxylation is 1. The summed E-state index contributed by atoms with van der Waals surface area (Å²) in [5.41, 5.74) is 10.4. The topological polar surface area (TPSA) is 99.0 Å². The van der Waals surface area contributed by atoms with E-state index in [0.29, 0.717) is 23.7 Å². The van der Waals surface area contributed by atoms with Crippen LogP contribution in [0.25, 0.3) is 32.8 Å². The van der Waals surface area contributed by atoms with Gasteiger partial charge in [0, 0.05) is 36.8 Å². The summed E-state index contributed by atoms with van der Waals surface area (Å²) in [6.45, 7) is 4.73. The number of benzene rings is 2. The Morgan fingerprint density at radius 2 is 1.83 bits per heavy atom. The van der Waals surface area contributed by atoms with Crippen molar-refractivity contribution in [3.63, 3.8) is 0 Å². The lowest BCUT2D eigenvalue weighted by molar-refractivity contribution is 0.282. The molecular formula is C28H29N5O2. The lowest BCUT2D eigenvalue weighted by Crippen LogP contribution is -2.22. The monoisotopic (exact) mass is 467 g/mol. The van der Waals surface area contributed by atoms with E-state index < -0.39 is 0 Å². The minimum atomic E-state index is -0.143. The summed E-state index contributed by atoms with van der Waals surface area (Å²) in [5.74, 6) is 0.883. The molecule has 0 saturated heterocycles. The molecular weight excluding hydrogens is 438 g/mol. The number of hydrogen-bond donors (Lipinski definition) is 2. The molecule has 0 fully saturated rings. The Hall–Kier alpha value is -3.97. The van der Waals surface area contributed by atoms with E-state index in [1.54, 1.807) is 7.05 Å². The fourth-order valence-electron chi connectivity index (χ4n) is 4.81. The predicted octanol–water partition coefficient (Wildman–Crippen LogP) is 4.27. The van der Waals surface area contributed by atoms with Gasteiger partial charge in [-0.2, -0.15) is 5.10 Å². The molecule has 3 aromatic heterocycles. The second-order valence-corrected chi connectivity index (χ2v) is 9.44. The van der Waals surface area contributed by atoms with E-state index in [1.807, 2.05) is 60.9 Å². The highest BCUT2D eigenvalue weighted by Gasteiger charge is 2.21. The molecule has 178 valence electrons. The number of aliphatic hydroxyl groups excluding tert-OH is 1. The van der Waals surface area contributed by atoms with Crippen LogP contribution in [0.1, 0.15) is 30.7 Å². The highest BCUT2D eigenvalue weighted by Crippen LogP contribution is 2.33. The summed E-state index contributed by atoms with van der Waals surface area (Å²) in [7, 11) is 1.70. The third-order valence-corrected chi connectivity index (χ3v) is 6.40. The van der Waals surface area contributed by atoms with Gasteiger partial charge < -0.3 is 15.4 Å². The predicted molar refractivity (Wildman–Crippen MR) is 140 cm³/mol. The molecule has 0 saturated carbocycles. The van der Waals surface area contributed by atoms with Crippen molar-refractivity contribution in [3.05, 3.63) is 88.1 Å². The Labute approximate surface area is 203 Å². The zero-order valence-electron chi connectivity index (χ0n) is 20.2. The maximum atomic E-state index is 13.4. The second kappa shape index (κ2) is 9.00. The van der Waals surface area contributed by atoms with Crippen LogP contribution in [0.4, 0.5) is 5.82 Å². The van der Waals surface area contributed by atoms with Gasteiger partial charge in [-0.05, 0) is 40.5 Å². The molecule has 7 heteroatoms. The fourth-order valence-corrected chi connectivity index (χ4v) is 4.81. The maximum absolute atomic E-state index is 13.4. The molecule has 3 heterocycles. The molecule has 0 aliphatic rings. The normalized spacial score (nSPS) is 11.7. The van der Waals surface area contributed by atoms with Gasteiger partial charge in [-0.1, -0.05) is 56.3 Å². The molecule has 0 atom stereocenters. The Balaban J connectivity index is 1.81. The largest absolute Gasteiger partial charge is 0.392 e. The molecule has 0 spiro atoms. The highest BCUT2D eigenvalue weighted by atomic mass is 16.3. The summed E-state index contributed by atoms with van der Waals surface area (Å²) in [5, 5.41) is 17.8. The third-order valence-electron chi connectivity index (χ3n) is 6.40. The molecule has 0 unspecified atom stereocenters. The van der Waals surface area contributed by atoms with Crippen molar-refractivity contribution < 1.29 is 5.11 Å². The number of aromatic nitrogens is 4. The molecule has 7 nitrogen and oxygen atoms in total. The highest BCUT2D eigenvalue weighted by molar-refractivity contribution is 5.97. The van der Waals surface area contributed by atoms with Gasteiger partial charge in [-0.25, -0.2) is 9.67 Å². The standard InChI is InChI=1S/C28H29N5O2/c1-17(2)11-24-23-15-33(14-20-13-30-27(29)22-10-5-4-9-21(20)22)26(25(23)28(35)32(3)31-24)19-8-6-7-18(12-19)16-34/h4-10,12-13,15,17,34H,11,14,16H2,1-3H3,(H2,29,30). The lowest BCUT2D eigenvalue weighted by atomic mass is 10.0. The van der Waals surface area contributed by atoms with E-state index in [-0.39, 0.29) is 12.2 Å². The molecule has 35 heavy (non-hydrogen) atoms. The molecule has 5 rings (SSSR count). The first-order valence-corrected chi connectivity index (χ1v) is 11.8. The zero-order chi connectivity index (χ0) is 24.7. The number of nitrogens with zero attached hydrogens (tertiary/aromatic N) is 4. The van der Waals surface area contributed by atoms with Crippen molar-refractivity contribution in [1.82, 2.24) is 19.3 Å². The zero-order valence-corrected chi connectivity index (χ0v) is 20.2. The summed E-state index contributed by atoms with van der Waals surface area (Å²) < 4.78 is 3.54. The third kappa shape index (κ3) is 4.08. The van der Waals surface area contributed by atoms with E-state index in [9.17, 15) is 9.90 Å². The van der Waals surface area contributed by atoms with Crippen LogP contribution in [0.2, 0.25) is 0 Å². The van der Waals surface area contributed by atoms with Crippen LogP contribution in [-0.2, 0) is 26.6 Å². The van der Waals surface area contributed by atoms with Crippen LogP contribution in [0.15, 0.2) is 65.7 Å². The molecule has 3 N–H and O–H groups in total. The first-order valence-electron chi connectivity index (χ1n) is 11.8. The van der Waals surface area contributed by atoms with E-state index in [0.717, 1.165) is 50.7 Å². The number of fused-ring (bicyclic) bond motifs is 2. The Morgan fingerprint density at radius 3 is 2.57 bits per heavy atom. The molecule has 0 amide bonds. The molecule has 0 aliphatic carbocycles. The number of nitrogens with two attached hydrogens (primary N) is 1. The first-order chi connectivity index (χ1) is 16.9. The summed E-state index contributed by atoms with van der Waals surface area (Å²) >= 11 is 0. The number of nitrogen functional groups attached to an aromatic ring is 1. The van der Waals surface area contributed by atoms with Crippen molar-refractivity contribution in [2.24, 2.45) is 13.0 Å². The van der Waals surface area contributed by atoms with Gasteiger partial charge in [-0.3, -0.25) is 4.79 Å². The Bertz CT molecular complexity index is 1610. The van der Waals surface area contributed by atoms with E-state index in [1.165, 1.54) is 4.68 Å². The van der Waals surface area contributed by atoms with Crippen LogP contribution in [0.5, 0.6) is 0 Å². The smallest absolute Gasteiger partial charge is 0.276 e. The van der Waals surface area contributed by atoms with Crippen molar-refractivity contribution in [3.8, 4) is 11.3 Å². The van der Waals surface area contributed by atoms with Crippen LogP contribution in [0.3, 0.4) is 0 Å². The van der Waals surface area contributed by atoms with Gasteiger partial charge >= 0.3 is 0 Å². The summed E-state index contributed by atoms with van der Waals surface area (Å²) in [6, 6.07) is 15.7. The molecule has 0 radical (unpaired) electrons. The minimum Gasteiger partial charge on any atom is -0.392 e. The van der Waals surface area contributed by atoms with Crippen LogP contribution < -0.4 is 11.3 Å². The van der Waals surface area contributed by atoms with Gasteiger partial charge in [0.25, 0.3) is 5.56 Å². The average molecular weight is 468 g/mol. The lowest BCUT2D eigenvalue weighted by Gasteiger charge is -2.13. The van der Waals surface area contributed by atoms with E-state index >= 15 is 0 Å².